The highest BCUT2D eigenvalue weighted by atomic mass is 32.2. The van der Waals surface area contributed by atoms with Gasteiger partial charge in [0.1, 0.15) is 0 Å². The van der Waals surface area contributed by atoms with Crippen molar-refractivity contribution < 1.29 is 26.1 Å². The van der Waals surface area contributed by atoms with Gasteiger partial charge in [0.25, 0.3) is 10.1 Å². The Morgan fingerprint density at radius 1 is 0.450 bits per heavy atom. The van der Waals surface area contributed by atoms with Crippen LogP contribution in [0.25, 0.3) is 10.4 Å². The zero-order valence-corrected chi connectivity index (χ0v) is 58.3. The molecule has 526 valence electrons. The second-order valence-electron chi connectivity index (χ2n) is 25.7. The van der Waals surface area contributed by atoms with Gasteiger partial charge in [-0.2, -0.15) is 33.9 Å². The van der Waals surface area contributed by atoms with Crippen molar-refractivity contribution in [1.82, 2.24) is 53.6 Å². The van der Waals surface area contributed by atoms with Gasteiger partial charge in [-0.25, -0.2) is 13.1 Å². The van der Waals surface area contributed by atoms with E-state index < -0.39 is 20.1 Å². The van der Waals surface area contributed by atoms with Gasteiger partial charge in [-0.3, -0.25) is 27.6 Å². The molecule has 10 heterocycles. The molecule has 5 aliphatic rings. The van der Waals surface area contributed by atoms with Gasteiger partial charge < -0.3 is 35.3 Å². The summed E-state index contributed by atoms with van der Waals surface area (Å²) in [6.45, 7) is 11.8. The first-order chi connectivity index (χ1) is 48.5. The zero-order chi connectivity index (χ0) is 69.7. The third kappa shape index (κ3) is 22.4. The number of nitrogens with zero attached hydrogens (tertiary/aromatic N) is 18. The van der Waals surface area contributed by atoms with Crippen LogP contribution in [-0.4, -0.2) is 179 Å². The Bertz CT molecular complexity index is 4160. The van der Waals surface area contributed by atoms with Gasteiger partial charge in [-0.1, -0.05) is 157 Å². The van der Waals surface area contributed by atoms with Crippen LogP contribution in [0.15, 0.2) is 218 Å². The molecule has 100 heavy (non-hydrogen) atoms. The maximum atomic E-state index is 11.3. The van der Waals surface area contributed by atoms with Crippen molar-refractivity contribution >= 4 is 49.2 Å². The third-order valence-corrected chi connectivity index (χ3v) is 18.9. The Kier molecular flexibility index (Phi) is 24.9. The van der Waals surface area contributed by atoms with Crippen LogP contribution in [-0.2, 0) is 57.0 Å². The number of aromatic nitrogens is 10. The average molecular weight is 1400 g/mol. The molecule has 4 N–H and O–H groups in total. The van der Waals surface area contributed by atoms with Crippen LogP contribution in [0.2, 0.25) is 0 Å². The normalized spacial score (nSPS) is 18.8. The Hall–Kier alpha value is -9.80. The van der Waals surface area contributed by atoms with Gasteiger partial charge in [0.15, 0.2) is 29.1 Å². The predicted octanol–water partition coefficient (Wildman–Crippen LogP) is 8.34. The minimum atomic E-state index is -3.40. The van der Waals surface area contributed by atoms with E-state index in [1.807, 2.05) is 158 Å². The second-order valence-corrected chi connectivity index (χ2v) is 29.1. The second kappa shape index (κ2) is 34.8. The molecule has 0 saturated carbocycles. The maximum Gasteiger partial charge on any atom is 0.264 e. The molecule has 0 amide bonds. The molecule has 5 fully saturated rings. The first-order valence-corrected chi connectivity index (χ1v) is 37.6. The molecule has 5 saturated heterocycles. The maximum absolute atomic E-state index is 11.3. The fourth-order valence-corrected chi connectivity index (χ4v) is 14.0. The third-order valence-electron chi connectivity index (χ3n) is 17.5. The van der Waals surface area contributed by atoms with Crippen LogP contribution in [0.1, 0.15) is 59.9 Å². The van der Waals surface area contributed by atoms with Crippen molar-refractivity contribution in [3.63, 3.8) is 0 Å². The van der Waals surface area contributed by atoms with Gasteiger partial charge in [0.2, 0.25) is 10.0 Å². The molecule has 0 aliphatic carbocycles. The molecular weight excluding hydrogens is 1310 g/mol. The minimum absolute atomic E-state index is 0.0331. The van der Waals surface area contributed by atoms with Crippen LogP contribution in [0.3, 0.4) is 0 Å². The van der Waals surface area contributed by atoms with E-state index in [2.05, 4.69) is 144 Å². The predicted molar refractivity (Wildman–Crippen MR) is 391 cm³/mol. The van der Waals surface area contributed by atoms with Crippen LogP contribution in [0, 0.1) is 0 Å². The van der Waals surface area contributed by atoms with Crippen molar-refractivity contribution in [3.05, 3.63) is 251 Å². The van der Waals surface area contributed by atoms with Crippen molar-refractivity contribution in [1.29, 1.82) is 0 Å². The molecule has 26 nitrogen and oxygen atoms in total. The van der Waals surface area contributed by atoms with E-state index >= 15 is 0 Å². The van der Waals surface area contributed by atoms with Crippen LogP contribution < -0.4 is 35.0 Å². The first kappa shape index (κ1) is 71.5. The Balaban J connectivity index is 0.000000126. The summed E-state index contributed by atoms with van der Waals surface area (Å²) < 4.78 is 62.3. The summed E-state index contributed by atoms with van der Waals surface area (Å²) in [6.07, 6.45) is 16.0. The van der Waals surface area contributed by atoms with Crippen LogP contribution >= 0.6 is 0 Å². The zero-order valence-electron chi connectivity index (χ0n) is 56.7. The molecule has 0 bridgehead atoms. The fourth-order valence-electron chi connectivity index (χ4n) is 12.6. The summed E-state index contributed by atoms with van der Waals surface area (Å²) in [4.78, 5) is 13.6. The Morgan fingerprint density at radius 2 is 0.780 bits per heavy atom. The molecule has 10 aromatic rings. The summed E-state index contributed by atoms with van der Waals surface area (Å²) in [5.41, 5.74) is 20.5. The van der Waals surface area contributed by atoms with E-state index in [1.165, 1.54) is 34.1 Å². The largest absolute Gasteiger partial charge is 0.391 e. The highest BCUT2D eigenvalue weighted by Gasteiger charge is 2.29. The number of aliphatic hydroxyl groups is 1. The average Bonchev–Trinajstić information content (AvgIpc) is 1.74. The molecule has 5 aromatic heterocycles. The summed E-state index contributed by atoms with van der Waals surface area (Å²) >= 11 is 0. The molecule has 5 atom stereocenters. The SMILES string of the molecule is CS(=O)(=O)NC1CCN(c2ccn(Cc3ccccc3)n2)C1.CS(=O)(=O)OC1CCN(c2ccn(Cc3ccccc3)n2)C1.NC1CCN(c2ccn(Cc3ccccc3)n2)C1.OC1CCN(c2ccn(Cc3ccccc3)n2)C1.[N-]=[N+]=NC1CCN(c2ccn(Cc3ccccc3)n2)C1. The molecule has 0 radical (unpaired) electrons. The van der Waals surface area contributed by atoms with Gasteiger partial charge in [-0.15, -0.1) is 0 Å². The number of azide groups is 1. The lowest BCUT2D eigenvalue weighted by Gasteiger charge is -2.15. The van der Waals surface area contributed by atoms with Crippen LogP contribution in [0.4, 0.5) is 29.1 Å². The van der Waals surface area contributed by atoms with Crippen molar-refractivity contribution in [2.24, 2.45) is 10.8 Å². The quantitative estimate of drug-likeness (QED) is 0.0279. The van der Waals surface area contributed by atoms with Gasteiger partial charge in [-0.05, 0) is 65.5 Å². The Morgan fingerprint density at radius 3 is 1.12 bits per heavy atom. The Labute approximate surface area is 585 Å². The number of sulfonamides is 1. The highest BCUT2D eigenvalue weighted by Crippen LogP contribution is 2.25. The van der Waals surface area contributed by atoms with E-state index in [0.29, 0.717) is 32.1 Å². The topological polar surface area (TPSA) is 290 Å². The summed E-state index contributed by atoms with van der Waals surface area (Å²) in [7, 11) is -6.55. The number of nitrogens with two attached hydrogens (primary N) is 1. The number of benzene rings is 5. The van der Waals surface area contributed by atoms with Gasteiger partial charge in [0.05, 0.1) is 63.5 Å². The monoisotopic (exact) mass is 1390 g/mol. The number of hydrogen-bond donors (Lipinski definition) is 3. The van der Waals surface area contributed by atoms with Crippen molar-refractivity contribution in [2.75, 3.05) is 102 Å². The lowest BCUT2D eigenvalue weighted by molar-refractivity contribution is 0.198. The molecular formula is C72H90N20O6S2. The molecule has 28 heteroatoms. The molecule has 5 aliphatic heterocycles. The smallest absolute Gasteiger partial charge is 0.264 e. The summed E-state index contributed by atoms with van der Waals surface area (Å²) in [6, 6.07) is 61.6. The summed E-state index contributed by atoms with van der Waals surface area (Å²) in [5, 5.41) is 36.2. The van der Waals surface area contributed by atoms with E-state index in [0.717, 1.165) is 140 Å². The fraction of sp³-hybridized carbons (Fsp3) is 0.375. The highest BCUT2D eigenvalue weighted by molar-refractivity contribution is 7.88. The first-order valence-electron chi connectivity index (χ1n) is 33.9. The summed E-state index contributed by atoms with van der Waals surface area (Å²) in [5.74, 6) is 4.71. The number of anilines is 5. The van der Waals surface area contributed by atoms with E-state index in [1.54, 1.807) is 0 Å². The van der Waals surface area contributed by atoms with E-state index in [4.69, 9.17) is 15.4 Å². The molecule has 15 rings (SSSR count). The number of rotatable bonds is 20. The van der Waals surface area contributed by atoms with Crippen LogP contribution in [0.5, 0.6) is 0 Å². The lowest BCUT2D eigenvalue weighted by atomic mass is 10.2. The standard InChI is InChI=1S/C15H20N4O2S.C15H19N3O3S.C14H16N6.C14H18N4.C14H17N3O/c1-22(20,21)17-14-7-9-18(12-14)15-8-10-19(16-15)11-13-5-3-2-4-6-13;1-22(19,20)21-14-7-9-17(12-14)15-8-10-18(16-15)11-13-5-3-2-4-6-13;15-18-16-13-6-8-19(11-13)14-7-9-20(17-14)10-12-4-2-1-3-5-12;15-13-6-8-17(11-13)14-7-9-18(16-14)10-12-4-2-1-3-5-12;18-13-6-8-16(11-13)14-7-9-17(15-14)10-12-4-2-1-3-5-12/h2-6,8,10,14,17H,7,9,11-12H2,1H3;2-6,8,10,14H,7,9,11-12H2,1H3;1-5,7,9,13H,6,8,10-11H2;1-5,7,9,13H,6,8,10-11,15H2;1-5,7,9,13,18H,6,8,10-11H2. The number of β-amino-alcohol motifs (C(OH)–C–C–N with tert-alkyl or cyclic N) is 1. The number of aliphatic hydroxyl groups excluding tert-OH is 1. The molecule has 5 unspecified atom stereocenters. The van der Waals surface area contributed by atoms with E-state index in [9.17, 15) is 21.9 Å². The minimum Gasteiger partial charge on any atom is -0.391 e. The molecule has 0 spiro atoms. The lowest BCUT2D eigenvalue weighted by Crippen LogP contribution is -2.36. The number of hydrogen-bond acceptors (Lipinski definition) is 18. The van der Waals surface area contributed by atoms with Gasteiger partial charge >= 0.3 is 0 Å². The van der Waals surface area contributed by atoms with Crippen molar-refractivity contribution in [2.45, 2.75) is 95.2 Å². The van der Waals surface area contributed by atoms with E-state index in [-0.39, 0.29) is 24.3 Å². The number of nitrogens with one attached hydrogen (secondary N) is 1. The molecule has 5 aromatic carbocycles. The van der Waals surface area contributed by atoms with Gasteiger partial charge in [0, 0.05) is 144 Å². The van der Waals surface area contributed by atoms with Crippen molar-refractivity contribution in [3.8, 4) is 0 Å².